The zero-order chi connectivity index (χ0) is 13.3. The second kappa shape index (κ2) is 4.94. The molecule has 0 spiro atoms. The molecule has 1 aromatic rings. The number of rotatable bonds is 2. The van der Waals surface area contributed by atoms with Gasteiger partial charge in [-0.15, -0.1) is 11.8 Å². The third kappa shape index (κ3) is 2.27. The monoisotopic (exact) mass is 265 g/mol. The molecule has 0 saturated carbocycles. The molecule has 1 fully saturated rings. The lowest BCUT2D eigenvalue weighted by molar-refractivity contribution is 0.0394. The van der Waals surface area contributed by atoms with Gasteiger partial charge in [-0.1, -0.05) is 0 Å². The maximum absolute atomic E-state index is 12.4. The molecule has 1 saturated heterocycles. The van der Waals surface area contributed by atoms with Gasteiger partial charge in [0.2, 0.25) is 0 Å². The number of benzene rings is 1. The number of carbonyl (C=O) groups is 1. The topological polar surface area (TPSA) is 40.5 Å². The summed E-state index contributed by atoms with van der Waals surface area (Å²) in [6.07, 6.45) is 2.23. The molecular formula is C14H19NO2S. The zero-order valence-corrected chi connectivity index (χ0v) is 11.8. The van der Waals surface area contributed by atoms with Gasteiger partial charge in [0.05, 0.1) is 11.6 Å². The highest BCUT2D eigenvalue weighted by Crippen LogP contribution is 2.30. The molecule has 1 aromatic carbocycles. The van der Waals surface area contributed by atoms with E-state index in [-0.39, 0.29) is 5.91 Å². The second-order valence-corrected chi connectivity index (χ2v) is 6.02. The summed E-state index contributed by atoms with van der Waals surface area (Å²) in [5, 5.41) is 9.91. The quantitative estimate of drug-likeness (QED) is 0.835. The third-order valence-corrected chi connectivity index (χ3v) is 4.46. The molecule has 1 unspecified atom stereocenters. The molecule has 0 aromatic heterocycles. The average Bonchev–Trinajstić information content (AvgIpc) is 2.63. The Kier molecular flexibility index (Phi) is 3.69. The van der Waals surface area contributed by atoms with Crippen molar-refractivity contribution in [3.8, 4) is 0 Å². The van der Waals surface area contributed by atoms with E-state index in [1.165, 1.54) is 0 Å². The van der Waals surface area contributed by atoms with Crippen molar-refractivity contribution in [1.29, 1.82) is 0 Å². The molecule has 0 radical (unpaired) electrons. The Morgan fingerprint density at radius 1 is 1.39 bits per heavy atom. The molecule has 1 N–H and O–H groups in total. The van der Waals surface area contributed by atoms with Gasteiger partial charge in [-0.3, -0.25) is 4.79 Å². The average molecular weight is 265 g/mol. The van der Waals surface area contributed by atoms with Gasteiger partial charge in [-0.05, 0) is 50.8 Å². The van der Waals surface area contributed by atoms with E-state index in [0.29, 0.717) is 18.5 Å². The molecule has 0 aliphatic carbocycles. The van der Waals surface area contributed by atoms with Gasteiger partial charge < -0.3 is 10.0 Å². The SMILES string of the molecule is CSc1ccc(C(=O)N2CCC(O)C2(C)C)cc1. The lowest BCUT2D eigenvalue weighted by Crippen LogP contribution is -2.48. The van der Waals surface area contributed by atoms with E-state index in [1.54, 1.807) is 16.7 Å². The van der Waals surface area contributed by atoms with Crippen LogP contribution in [0.3, 0.4) is 0 Å². The van der Waals surface area contributed by atoms with Crippen LogP contribution in [0.1, 0.15) is 30.6 Å². The van der Waals surface area contributed by atoms with E-state index in [1.807, 2.05) is 44.4 Å². The summed E-state index contributed by atoms with van der Waals surface area (Å²) in [7, 11) is 0. The molecule has 1 amide bonds. The number of carbonyl (C=O) groups excluding carboxylic acids is 1. The van der Waals surface area contributed by atoms with Crippen LogP contribution in [0.25, 0.3) is 0 Å². The maximum Gasteiger partial charge on any atom is 0.254 e. The van der Waals surface area contributed by atoms with Crippen LogP contribution >= 0.6 is 11.8 Å². The minimum Gasteiger partial charge on any atom is -0.391 e. The zero-order valence-electron chi connectivity index (χ0n) is 11.0. The molecule has 1 heterocycles. The van der Waals surface area contributed by atoms with Gasteiger partial charge in [0.25, 0.3) is 5.91 Å². The summed E-state index contributed by atoms with van der Waals surface area (Å²) in [4.78, 5) is 15.3. The van der Waals surface area contributed by atoms with E-state index in [4.69, 9.17) is 0 Å². The Balaban J connectivity index is 2.21. The molecule has 1 aliphatic rings. The lowest BCUT2D eigenvalue weighted by atomic mass is 9.98. The fourth-order valence-corrected chi connectivity index (χ4v) is 2.73. The van der Waals surface area contributed by atoms with Crippen LogP contribution in [0.2, 0.25) is 0 Å². The molecule has 98 valence electrons. The van der Waals surface area contributed by atoms with Crippen molar-refractivity contribution in [2.45, 2.75) is 36.8 Å². The van der Waals surface area contributed by atoms with E-state index >= 15 is 0 Å². The number of likely N-dealkylation sites (tertiary alicyclic amines) is 1. The number of aliphatic hydroxyl groups is 1. The van der Waals surface area contributed by atoms with Crippen molar-refractivity contribution >= 4 is 17.7 Å². The Morgan fingerprint density at radius 2 is 2.00 bits per heavy atom. The van der Waals surface area contributed by atoms with E-state index in [0.717, 1.165) is 4.90 Å². The van der Waals surface area contributed by atoms with Gasteiger partial charge in [0.1, 0.15) is 0 Å². The number of aliphatic hydroxyl groups excluding tert-OH is 1. The van der Waals surface area contributed by atoms with Crippen LogP contribution in [-0.2, 0) is 0 Å². The summed E-state index contributed by atoms with van der Waals surface area (Å²) < 4.78 is 0. The second-order valence-electron chi connectivity index (χ2n) is 5.14. The fourth-order valence-electron chi connectivity index (χ4n) is 2.33. The summed E-state index contributed by atoms with van der Waals surface area (Å²) >= 11 is 1.66. The van der Waals surface area contributed by atoms with E-state index < -0.39 is 11.6 Å². The van der Waals surface area contributed by atoms with Crippen molar-refractivity contribution in [3.63, 3.8) is 0 Å². The van der Waals surface area contributed by atoms with Gasteiger partial charge >= 0.3 is 0 Å². The number of hydrogen-bond donors (Lipinski definition) is 1. The fraction of sp³-hybridized carbons (Fsp3) is 0.500. The first-order chi connectivity index (χ1) is 8.46. The number of nitrogens with zero attached hydrogens (tertiary/aromatic N) is 1. The molecule has 3 nitrogen and oxygen atoms in total. The van der Waals surface area contributed by atoms with Gasteiger partial charge in [-0.2, -0.15) is 0 Å². The number of amides is 1. The highest BCUT2D eigenvalue weighted by molar-refractivity contribution is 7.98. The van der Waals surface area contributed by atoms with Gasteiger partial charge in [0.15, 0.2) is 0 Å². The largest absolute Gasteiger partial charge is 0.391 e. The molecule has 4 heteroatoms. The molecule has 1 aliphatic heterocycles. The van der Waals surface area contributed by atoms with Crippen LogP contribution in [0.4, 0.5) is 0 Å². The van der Waals surface area contributed by atoms with Crippen molar-refractivity contribution in [2.24, 2.45) is 0 Å². The Hall–Kier alpha value is -1.00. The first-order valence-electron chi connectivity index (χ1n) is 6.11. The predicted molar refractivity (Wildman–Crippen MR) is 74.0 cm³/mol. The third-order valence-electron chi connectivity index (χ3n) is 3.72. The minimum atomic E-state index is -0.477. The van der Waals surface area contributed by atoms with Gasteiger partial charge in [0, 0.05) is 17.0 Å². The summed E-state index contributed by atoms with van der Waals surface area (Å²) in [5.74, 6) is 0.00389. The predicted octanol–water partition coefficient (Wildman–Crippen LogP) is 2.39. The Morgan fingerprint density at radius 3 is 2.44 bits per heavy atom. The molecule has 0 bridgehead atoms. The standard InChI is InChI=1S/C14H19NO2S/c1-14(2)12(16)8-9-15(14)13(17)10-4-6-11(18-3)7-5-10/h4-7,12,16H,8-9H2,1-3H3. The van der Waals surface area contributed by atoms with E-state index in [2.05, 4.69) is 0 Å². The van der Waals surface area contributed by atoms with Gasteiger partial charge in [-0.25, -0.2) is 0 Å². The normalized spacial score (nSPS) is 22.2. The van der Waals surface area contributed by atoms with Crippen molar-refractivity contribution in [2.75, 3.05) is 12.8 Å². The summed E-state index contributed by atoms with van der Waals surface area (Å²) in [5.41, 5.74) is 0.213. The first kappa shape index (κ1) is 13.4. The smallest absolute Gasteiger partial charge is 0.254 e. The van der Waals surface area contributed by atoms with Crippen LogP contribution < -0.4 is 0 Å². The Bertz CT molecular complexity index is 442. The number of thioether (sulfide) groups is 1. The summed E-state index contributed by atoms with van der Waals surface area (Å²) in [6.45, 7) is 4.45. The van der Waals surface area contributed by atoms with Crippen molar-refractivity contribution < 1.29 is 9.90 Å². The highest BCUT2D eigenvalue weighted by Gasteiger charge is 2.42. The highest BCUT2D eigenvalue weighted by atomic mass is 32.2. The molecule has 2 rings (SSSR count). The van der Waals surface area contributed by atoms with Crippen LogP contribution in [0, 0.1) is 0 Å². The molecule has 18 heavy (non-hydrogen) atoms. The van der Waals surface area contributed by atoms with Crippen molar-refractivity contribution in [3.05, 3.63) is 29.8 Å². The lowest BCUT2D eigenvalue weighted by Gasteiger charge is -2.33. The minimum absolute atomic E-state index is 0.00389. The molecular weight excluding hydrogens is 246 g/mol. The van der Waals surface area contributed by atoms with E-state index in [9.17, 15) is 9.90 Å². The van der Waals surface area contributed by atoms with Crippen LogP contribution in [0.5, 0.6) is 0 Å². The van der Waals surface area contributed by atoms with Crippen LogP contribution in [0.15, 0.2) is 29.2 Å². The number of hydrogen-bond acceptors (Lipinski definition) is 3. The summed E-state index contributed by atoms with van der Waals surface area (Å²) in [6, 6.07) is 7.62. The van der Waals surface area contributed by atoms with Crippen molar-refractivity contribution in [1.82, 2.24) is 4.90 Å². The first-order valence-corrected chi connectivity index (χ1v) is 7.33. The molecule has 1 atom stereocenters. The maximum atomic E-state index is 12.4. The van der Waals surface area contributed by atoms with Crippen LogP contribution in [-0.4, -0.2) is 40.4 Å². The Labute approximate surface area is 112 Å².